The summed E-state index contributed by atoms with van der Waals surface area (Å²) in [6.45, 7) is 4.75. The number of rotatable bonds is 4. The Morgan fingerprint density at radius 1 is 0.929 bits per heavy atom. The summed E-state index contributed by atoms with van der Waals surface area (Å²) in [5.41, 5.74) is 2.74. The van der Waals surface area contributed by atoms with Gasteiger partial charge in [-0.3, -0.25) is 4.79 Å². The van der Waals surface area contributed by atoms with Crippen LogP contribution in [0.1, 0.15) is 15.9 Å². The highest BCUT2D eigenvalue weighted by molar-refractivity contribution is 5.95. The number of hydrogen-bond donors (Lipinski definition) is 1. The predicted octanol–water partition coefficient (Wildman–Crippen LogP) is 2.89. The third-order valence-electron chi connectivity index (χ3n) is 4.82. The highest BCUT2D eigenvalue weighted by atomic mass is 16.2. The van der Waals surface area contributed by atoms with Crippen molar-refractivity contribution in [1.82, 2.24) is 19.9 Å². The van der Waals surface area contributed by atoms with Gasteiger partial charge in [0.2, 0.25) is 5.95 Å². The zero-order valence-corrected chi connectivity index (χ0v) is 15.7. The largest absolute Gasteiger partial charge is 0.340 e. The molecule has 7 nitrogen and oxygen atoms in total. The lowest BCUT2D eigenvalue weighted by molar-refractivity contribution is 0.0746. The van der Waals surface area contributed by atoms with Crippen LogP contribution in [0.3, 0.4) is 0 Å². The molecular weight excluding hydrogens is 352 g/mol. The number of benzene rings is 1. The summed E-state index contributed by atoms with van der Waals surface area (Å²) in [7, 11) is 0. The van der Waals surface area contributed by atoms with E-state index in [0.717, 1.165) is 24.3 Å². The maximum absolute atomic E-state index is 12.9. The summed E-state index contributed by atoms with van der Waals surface area (Å²) in [6.07, 6.45) is 5.14. The second kappa shape index (κ2) is 8.04. The Hall–Kier alpha value is -3.48. The molecule has 28 heavy (non-hydrogen) atoms. The molecule has 1 saturated heterocycles. The quantitative estimate of drug-likeness (QED) is 0.757. The standard InChI is InChI=1S/C21H22N6O/c1-16-5-2-3-6-18(16)25-19-15-17(7-10-22-19)20(28)26-11-13-27(14-12-26)21-23-8-4-9-24-21/h2-10,15H,11-14H2,1H3,(H,22,25). The molecule has 0 atom stereocenters. The summed E-state index contributed by atoms with van der Waals surface area (Å²) in [5.74, 6) is 1.39. The lowest BCUT2D eigenvalue weighted by Gasteiger charge is -2.34. The van der Waals surface area contributed by atoms with Crippen LogP contribution >= 0.6 is 0 Å². The minimum absolute atomic E-state index is 0.0175. The Balaban J connectivity index is 1.42. The second-order valence-electron chi connectivity index (χ2n) is 6.70. The zero-order valence-electron chi connectivity index (χ0n) is 15.7. The van der Waals surface area contributed by atoms with E-state index in [1.54, 1.807) is 36.8 Å². The van der Waals surface area contributed by atoms with Crippen LogP contribution in [0.25, 0.3) is 0 Å². The molecule has 0 bridgehead atoms. The Bertz CT molecular complexity index is 954. The minimum atomic E-state index is 0.0175. The van der Waals surface area contributed by atoms with Gasteiger partial charge >= 0.3 is 0 Å². The van der Waals surface area contributed by atoms with Gasteiger partial charge in [0.1, 0.15) is 5.82 Å². The molecule has 0 aliphatic carbocycles. The van der Waals surface area contributed by atoms with E-state index in [1.807, 2.05) is 36.1 Å². The van der Waals surface area contributed by atoms with E-state index in [1.165, 1.54) is 0 Å². The van der Waals surface area contributed by atoms with Gasteiger partial charge in [0, 0.05) is 56.0 Å². The van der Waals surface area contributed by atoms with Crippen LogP contribution in [0.4, 0.5) is 17.5 Å². The van der Waals surface area contributed by atoms with Crippen LogP contribution in [0.2, 0.25) is 0 Å². The normalized spacial score (nSPS) is 14.0. The molecule has 0 saturated carbocycles. The SMILES string of the molecule is Cc1ccccc1Nc1cc(C(=O)N2CCN(c3ncccn3)CC2)ccn1. The predicted molar refractivity (Wildman–Crippen MR) is 109 cm³/mol. The van der Waals surface area contributed by atoms with E-state index in [2.05, 4.69) is 25.2 Å². The zero-order chi connectivity index (χ0) is 19.3. The van der Waals surface area contributed by atoms with Crippen molar-refractivity contribution in [3.63, 3.8) is 0 Å². The third kappa shape index (κ3) is 3.93. The Labute approximate surface area is 164 Å². The number of aromatic nitrogens is 3. The first-order chi connectivity index (χ1) is 13.7. The maximum atomic E-state index is 12.9. The van der Waals surface area contributed by atoms with E-state index in [9.17, 15) is 4.79 Å². The number of amides is 1. The van der Waals surface area contributed by atoms with Gasteiger partial charge in [-0.15, -0.1) is 0 Å². The average Bonchev–Trinajstić information content (AvgIpc) is 2.76. The first kappa shape index (κ1) is 17.9. The Morgan fingerprint density at radius 3 is 2.43 bits per heavy atom. The van der Waals surface area contributed by atoms with Crippen LogP contribution < -0.4 is 10.2 Å². The number of anilines is 3. The Morgan fingerprint density at radius 2 is 1.68 bits per heavy atom. The fraction of sp³-hybridized carbons (Fsp3) is 0.238. The van der Waals surface area contributed by atoms with Gasteiger partial charge in [-0.05, 0) is 36.8 Å². The molecule has 1 amide bonds. The van der Waals surface area contributed by atoms with Crippen molar-refractivity contribution in [3.05, 3.63) is 72.2 Å². The van der Waals surface area contributed by atoms with Gasteiger partial charge in [-0.1, -0.05) is 18.2 Å². The molecule has 1 aromatic carbocycles. The van der Waals surface area contributed by atoms with Gasteiger partial charge in [0.15, 0.2) is 0 Å². The van der Waals surface area contributed by atoms with Crippen molar-refractivity contribution in [3.8, 4) is 0 Å². The number of aryl methyl sites for hydroxylation is 1. The van der Waals surface area contributed by atoms with Crippen molar-refractivity contribution in [2.45, 2.75) is 6.92 Å². The van der Waals surface area contributed by atoms with Gasteiger partial charge in [0.25, 0.3) is 5.91 Å². The second-order valence-corrected chi connectivity index (χ2v) is 6.70. The molecule has 1 fully saturated rings. The summed E-state index contributed by atoms with van der Waals surface area (Å²) in [4.78, 5) is 29.8. The number of carbonyl (C=O) groups is 1. The van der Waals surface area contributed by atoms with E-state index >= 15 is 0 Å². The molecule has 3 aromatic rings. The molecule has 4 rings (SSSR count). The molecule has 3 heterocycles. The monoisotopic (exact) mass is 374 g/mol. The molecule has 142 valence electrons. The summed E-state index contributed by atoms with van der Waals surface area (Å²) < 4.78 is 0. The van der Waals surface area contributed by atoms with Crippen LogP contribution in [0, 0.1) is 6.92 Å². The summed E-state index contributed by atoms with van der Waals surface area (Å²) >= 11 is 0. The van der Waals surface area contributed by atoms with Crippen molar-refractivity contribution in [2.24, 2.45) is 0 Å². The average molecular weight is 374 g/mol. The number of nitrogens with one attached hydrogen (secondary N) is 1. The highest BCUT2D eigenvalue weighted by Crippen LogP contribution is 2.20. The number of nitrogens with zero attached hydrogens (tertiary/aromatic N) is 5. The lowest BCUT2D eigenvalue weighted by Crippen LogP contribution is -2.49. The lowest BCUT2D eigenvalue weighted by atomic mass is 10.2. The smallest absolute Gasteiger partial charge is 0.254 e. The fourth-order valence-electron chi connectivity index (χ4n) is 3.23. The molecular formula is C21H22N6O. The van der Waals surface area contributed by atoms with Gasteiger partial charge in [0.05, 0.1) is 0 Å². The van der Waals surface area contributed by atoms with E-state index in [-0.39, 0.29) is 5.91 Å². The summed E-state index contributed by atoms with van der Waals surface area (Å²) in [6, 6.07) is 13.4. The van der Waals surface area contributed by atoms with Crippen molar-refractivity contribution < 1.29 is 4.79 Å². The van der Waals surface area contributed by atoms with Crippen LogP contribution in [-0.4, -0.2) is 51.9 Å². The van der Waals surface area contributed by atoms with Crippen LogP contribution in [0.15, 0.2) is 61.1 Å². The summed E-state index contributed by atoms with van der Waals surface area (Å²) in [5, 5.41) is 3.29. The molecule has 1 N–H and O–H groups in total. The number of hydrogen-bond acceptors (Lipinski definition) is 6. The fourth-order valence-corrected chi connectivity index (χ4v) is 3.23. The first-order valence-corrected chi connectivity index (χ1v) is 9.31. The molecule has 0 unspecified atom stereocenters. The molecule has 2 aromatic heterocycles. The molecule has 1 aliphatic heterocycles. The van der Waals surface area contributed by atoms with E-state index in [0.29, 0.717) is 30.4 Å². The number of para-hydroxylation sites is 1. The maximum Gasteiger partial charge on any atom is 0.254 e. The minimum Gasteiger partial charge on any atom is -0.340 e. The van der Waals surface area contributed by atoms with Crippen molar-refractivity contribution in [1.29, 1.82) is 0 Å². The number of carbonyl (C=O) groups excluding carboxylic acids is 1. The van der Waals surface area contributed by atoms with E-state index < -0.39 is 0 Å². The van der Waals surface area contributed by atoms with Gasteiger partial charge < -0.3 is 15.1 Å². The van der Waals surface area contributed by atoms with Gasteiger partial charge in [-0.2, -0.15) is 0 Å². The molecule has 0 radical (unpaired) electrons. The van der Waals surface area contributed by atoms with E-state index in [4.69, 9.17) is 0 Å². The molecule has 7 heteroatoms. The molecule has 0 spiro atoms. The number of pyridine rings is 1. The van der Waals surface area contributed by atoms with Crippen molar-refractivity contribution in [2.75, 3.05) is 36.4 Å². The van der Waals surface area contributed by atoms with Crippen molar-refractivity contribution >= 4 is 23.4 Å². The first-order valence-electron chi connectivity index (χ1n) is 9.31. The number of piperazine rings is 1. The van der Waals surface area contributed by atoms with Gasteiger partial charge in [-0.25, -0.2) is 15.0 Å². The Kier molecular flexibility index (Phi) is 5.14. The topological polar surface area (TPSA) is 74.2 Å². The highest BCUT2D eigenvalue weighted by Gasteiger charge is 2.23. The van der Waals surface area contributed by atoms with Crippen LogP contribution in [-0.2, 0) is 0 Å². The van der Waals surface area contributed by atoms with Crippen LogP contribution in [0.5, 0.6) is 0 Å². The third-order valence-corrected chi connectivity index (χ3v) is 4.82. The molecule has 1 aliphatic rings.